The molecule has 0 atom stereocenters. The van der Waals surface area contributed by atoms with Gasteiger partial charge in [-0.3, -0.25) is 4.72 Å². The summed E-state index contributed by atoms with van der Waals surface area (Å²) in [5.41, 5.74) is 1.15. The lowest BCUT2D eigenvalue weighted by atomic mass is 10.1. The van der Waals surface area contributed by atoms with Crippen LogP contribution in [-0.2, 0) is 21.2 Å². The Morgan fingerprint density at radius 1 is 1.24 bits per heavy atom. The minimum atomic E-state index is -4.07. The van der Waals surface area contributed by atoms with Gasteiger partial charge >= 0.3 is 0 Å². The van der Waals surface area contributed by atoms with Crippen LogP contribution in [0.15, 0.2) is 47.6 Å². The predicted molar refractivity (Wildman–Crippen MR) is 77.0 cm³/mol. The summed E-state index contributed by atoms with van der Waals surface area (Å²) in [6.45, 7) is 0.455. The molecule has 5 nitrogen and oxygen atoms in total. The van der Waals surface area contributed by atoms with E-state index >= 15 is 0 Å². The van der Waals surface area contributed by atoms with Gasteiger partial charge in [0, 0.05) is 13.3 Å². The number of halogens is 1. The van der Waals surface area contributed by atoms with E-state index in [0.717, 1.165) is 11.6 Å². The van der Waals surface area contributed by atoms with Gasteiger partial charge in [-0.15, -0.1) is 0 Å². The highest BCUT2D eigenvalue weighted by Crippen LogP contribution is 2.20. The molecule has 0 saturated heterocycles. The zero-order valence-electron chi connectivity index (χ0n) is 11.4. The van der Waals surface area contributed by atoms with Crippen molar-refractivity contribution in [3.63, 3.8) is 0 Å². The average Bonchev–Trinajstić information content (AvgIpc) is 2.46. The van der Waals surface area contributed by atoms with Crippen molar-refractivity contribution in [3.05, 3.63) is 54.0 Å². The van der Waals surface area contributed by atoms with E-state index in [4.69, 9.17) is 4.74 Å². The fraction of sp³-hybridized carbons (Fsp3) is 0.214. The number of pyridine rings is 1. The molecule has 0 aliphatic carbocycles. The first kappa shape index (κ1) is 15.4. The molecule has 0 fully saturated rings. The van der Waals surface area contributed by atoms with Gasteiger partial charge < -0.3 is 4.74 Å². The molecule has 112 valence electrons. The van der Waals surface area contributed by atoms with Crippen LogP contribution in [0.1, 0.15) is 5.56 Å². The molecule has 0 unspecified atom stereocenters. The largest absolute Gasteiger partial charge is 0.384 e. The first-order chi connectivity index (χ1) is 10.0. The van der Waals surface area contributed by atoms with Gasteiger partial charge in [0.25, 0.3) is 10.0 Å². The van der Waals surface area contributed by atoms with Crippen molar-refractivity contribution in [2.75, 3.05) is 18.4 Å². The van der Waals surface area contributed by atoms with Crippen molar-refractivity contribution >= 4 is 15.7 Å². The first-order valence-corrected chi connectivity index (χ1v) is 7.73. The van der Waals surface area contributed by atoms with Crippen LogP contribution in [0.2, 0.25) is 0 Å². The van der Waals surface area contributed by atoms with Crippen LogP contribution in [0.4, 0.5) is 10.1 Å². The SMILES string of the molecule is COCCc1ccccc1NS(=O)(=O)c1ncccc1F. The Morgan fingerprint density at radius 2 is 2.00 bits per heavy atom. The van der Waals surface area contributed by atoms with Crippen LogP contribution in [-0.4, -0.2) is 27.1 Å². The standard InChI is InChI=1S/C14H15FN2O3S/c1-20-10-8-11-5-2-3-7-13(11)17-21(18,19)14-12(15)6-4-9-16-14/h2-7,9,17H,8,10H2,1H3. The maximum Gasteiger partial charge on any atom is 0.282 e. The van der Waals surface area contributed by atoms with E-state index in [-0.39, 0.29) is 0 Å². The fourth-order valence-corrected chi connectivity index (χ4v) is 2.92. The van der Waals surface area contributed by atoms with Crippen LogP contribution >= 0.6 is 0 Å². The van der Waals surface area contributed by atoms with Crippen LogP contribution in [0.5, 0.6) is 0 Å². The maximum absolute atomic E-state index is 13.6. The Bertz CT molecular complexity index is 720. The molecule has 7 heteroatoms. The minimum Gasteiger partial charge on any atom is -0.384 e. The number of rotatable bonds is 6. The van der Waals surface area contributed by atoms with Gasteiger partial charge in [-0.1, -0.05) is 18.2 Å². The number of hydrogen-bond acceptors (Lipinski definition) is 4. The van der Waals surface area contributed by atoms with E-state index < -0.39 is 20.9 Å². The molecule has 0 bridgehead atoms. The predicted octanol–water partition coefficient (Wildman–Crippen LogP) is 2.21. The van der Waals surface area contributed by atoms with Gasteiger partial charge in [0.05, 0.1) is 12.3 Å². The summed E-state index contributed by atoms with van der Waals surface area (Å²) < 4.78 is 45.3. The molecule has 0 amide bonds. The second-order valence-corrected chi connectivity index (χ2v) is 5.89. The molecule has 0 radical (unpaired) electrons. The summed E-state index contributed by atoms with van der Waals surface area (Å²) in [5.74, 6) is -0.889. The Morgan fingerprint density at radius 3 is 2.71 bits per heavy atom. The lowest BCUT2D eigenvalue weighted by Crippen LogP contribution is -2.17. The van der Waals surface area contributed by atoms with Gasteiger partial charge in [0.2, 0.25) is 5.03 Å². The van der Waals surface area contributed by atoms with Crippen molar-refractivity contribution in [2.45, 2.75) is 11.4 Å². The van der Waals surface area contributed by atoms with Crippen molar-refractivity contribution < 1.29 is 17.5 Å². The third kappa shape index (κ3) is 3.77. The zero-order chi connectivity index (χ0) is 15.3. The van der Waals surface area contributed by atoms with E-state index in [2.05, 4.69) is 9.71 Å². The summed E-state index contributed by atoms with van der Waals surface area (Å²) >= 11 is 0. The molecule has 2 aromatic rings. The van der Waals surface area contributed by atoms with E-state index in [1.54, 1.807) is 31.4 Å². The van der Waals surface area contributed by atoms with Crippen LogP contribution in [0.25, 0.3) is 0 Å². The highest BCUT2D eigenvalue weighted by Gasteiger charge is 2.21. The number of nitrogens with one attached hydrogen (secondary N) is 1. The van der Waals surface area contributed by atoms with Crippen molar-refractivity contribution in [1.82, 2.24) is 4.98 Å². The van der Waals surface area contributed by atoms with E-state index in [0.29, 0.717) is 18.7 Å². The Balaban J connectivity index is 2.31. The number of hydrogen-bond donors (Lipinski definition) is 1. The minimum absolute atomic E-state index is 0.389. The number of ether oxygens (including phenoxy) is 1. The number of anilines is 1. The van der Waals surface area contributed by atoms with E-state index in [9.17, 15) is 12.8 Å². The Kier molecular flexibility index (Phi) is 4.87. The van der Waals surface area contributed by atoms with E-state index in [1.165, 1.54) is 12.3 Å². The van der Waals surface area contributed by atoms with Crippen molar-refractivity contribution in [2.24, 2.45) is 0 Å². The molecule has 1 N–H and O–H groups in total. The maximum atomic E-state index is 13.6. The van der Waals surface area contributed by atoms with Crippen LogP contribution < -0.4 is 4.72 Å². The summed E-state index contributed by atoms with van der Waals surface area (Å²) in [4.78, 5) is 3.59. The third-order valence-corrected chi connectivity index (χ3v) is 4.11. The molecule has 1 aromatic heterocycles. The number of para-hydroxylation sites is 1. The molecule has 1 heterocycles. The Hall–Kier alpha value is -1.99. The first-order valence-electron chi connectivity index (χ1n) is 6.25. The van der Waals surface area contributed by atoms with Crippen molar-refractivity contribution in [3.8, 4) is 0 Å². The van der Waals surface area contributed by atoms with Gasteiger partial charge in [0.1, 0.15) is 0 Å². The highest BCUT2D eigenvalue weighted by molar-refractivity contribution is 7.92. The number of sulfonamides is 1. The quantitative estimate of drug-likeness (QED) is 0.888. The fourth-order valence-electron chi connectivity index (χ4n) is 1.81. The lowest BCUT2D eigenvalue weighted by Gasteiger charge is -2.12. The number of methoxy groups -OCH3 is 1. The molecular formula is C14H15FN2O3S. The normalized spacial score (nSPS) is 11.3. The molecular weight excluding hydrogens is 295 g/mol. The molecule has 0 aliphatic rings. The molecule has 0 aliphatic heterocycles. The topological polar surface area (TPSA) is 68.3 Å². The number of benzene rings is 1. The second kappa shape index (κ2) is 6.64. The smallest absolute Gasteiger partial charge is 0.282 e. The van der Waals surface area contributed by atoms with Gasteiger partial charge in [-0.05, 0) is 30.2 Å². The molecule has 1 aromatic carbocycles. The summed E-state index contributed by atoms with van der Waals surface area (Å²) in [6.07, 6.45) is 1.77. The highest BCUT2D eigenvalue weighted by atomic mass is 32.2. The lowest BCUT2D eigenvalue weighted by molar-refractivity contribution is 0.202. The van der Waals surface area contributed by atoms with Crippen LogP contribution in [0.3, 0.4) is 0 Å². The van der Waals surface area contributed by atoms with Gasteiger partial charge in [0.15, 0.2) is 5.82 Å². The molecule has 21 heavy (non-hydrogen) atoms. The Labute approximate surface area is 122 Å². The van der Waals surface area contributed by atoms with E-state index in [1.807, 2.05) is 0 Å². The molecule has 0 saturated carbocycles. The van der Waals surface area contributed by atoms with Gasteiger partial charge in [-0.2, -0.15) is 8.42 Å². The summed E-state index contributed by atoms with van der Waals surface area (Å²) in [7, 11) is -2.50. The number of aromatic nitrogens is 1. The third-order valence-electron chi connectivity index (χ3n) is 2.82. The summed E-state index contributed by atoms with van der Waals surface area (Å²) in [5, 5.41) is -0.619. The second-order valence-electron chi connectivity index (χ2n) is 4.30. The molecule has 0 spiro atoms. The molecule has 2 rings (SSSR count). The average molecular weight is 310 g/mol. The van der Waals surface area contributed by atoms with Gasteiger partial charge in [-0.25, -0.2) is 9.37 Å². The van der Waals surface area contributed by atoms with Crippen LogP contribution in [0, 0.1) is 5.82 Å². The summed E-state index contributed by atoms with van der Waals surface area (Å²) in [6, 6.07) is 9.28. The number of nitrogens with zero attached hydrogens (tertiary/aromatic N) is 1. The zero-order valence-corrected chi connectivity index (χ0v) is 12.2. The monoisotopic (exact) mass is 310 g/mol. The van der Waals surface area contributed by atoms with Crippen molar-refractivity contribution in [1.29, 1.82) is 0 Å².